The average Bonchev–Trinajstić information content (AvgIpc) is 3.04. The van der Waals surface area contributed by atoms with E-state index in [-0.39, 0.29) is 11.4 Å². The Morgan fingerprint density at radius 3 is 1.91 bits per heavy atom. The van der Waals surface area contributed by atoms with E-state index in [9.17, 15) is 19.2 Å². The highest BCUT2D eigenvalue weighted by Gasteiger charge is 2.55. The number of β-lactam (4-membered cyclic amide) rings is 1. The van der Waals surface area contributed by atoms with Crippen LogP contribution in [0.4, 0.5) is 4.79 Å². The molecule has 234 valence electrons. The molecule has 2 heterocycles. The van der Waals surface area contributed by atoms with Gasteiger partial charge in [0.1, 0.15) is 28.8 Å². The van der Waals surface area contributed by atoms with E-state index in [2.05, 4.69) is 10.6 Å². The molecule has 11 heteroatoms. The van der Waals surface area contributed by atoms with Gasteiger partial charge in [0.25, 0.3) is 5.91 Å². The van der Waals surface area contributed by atoms with Gasteiger partial charge in [0.2, 0.25) is 5.91 Å². The number of esters is 1. The number of alkyl carbamates (subject to hydrolysis) is 1. The highest BCUT2D eigenvalue weighted by Crippen LogP contribution is 2.42. The van der Waals surface area contributed by atoms with Crippen molar-refractivity contribution in [3.63, 3.8) is 0 Å². The number of carbonyl (C=O) groups excluding carboxylic acids is 4. The van der Waals surface area contributed by atoms with Gasteiger partial charge in [-0.15, -0.1) is 11.8 Å². The topological polar surface area (TPSA) is 123 Å². The van der Waals surface area contributed by atoms with Crippen LogP contribution in [-0.4, -0.2) is 58.7 Å². The fourth-order valence-corrected chi connectivity index (χ4v) is 6.40. The summed E-state index contributed by atoms with van der Waals surface area (Å²) in [6, 6.07) is 25.3. The molecular formula is C34H35N3O7S. The van der Waals surface area contributed by atoms with E-state index in [4.69, 9.17) is 14.2 Å². The average molecular weight is 630 g/mol. The predicted octanol–water partition coefficient (Wildman–Crippen LogP) is 4.84. The molecule has 3 amide bonds. The third-order valence-corrected chi connectivity index (χ3v) is 8.41. The van der Waals surface area contributed by atoms with Crippen LogP contribution in [0, 0.1) is 0 Å². The van der Waals surface area contributed by atoms with Gasteiger partial charge in [-0.25, -0.2) is 9.59 Å². The van der Waals surface area contributed by atoms with Crippen molar-refractivity contribution in [2.24, 2.45) is 0 Å². The Hall–Kier alpha value is -4.77. The van der Waals surface area contributed by atoms with E-state index >= 15 is 0 Å². The van der Waals surface area contributed by atoms with Crippen LogP contribution >= 0.6 is 11.8 Å². The highest BCUT2D eigenvalue weighted by molar-refractivity contribution is 8.00. The van der Waals surface area contributed by atoms with Crippen LogP contribution in [0.3, 0.4) is 0 Å². The minimum absolute atomic E-state index is 0.0000931. The van der Waals surface area contributed by atoms with Crippen LogP contribution in [-0.2, 0) is 28.6 Å². The summed E-state index contributed by atoms with van der Waals surface area (Å²) in [4.78, 5) is 54.9. The van der Waals surface area contributed by atoms with E-state index in [1.54, 1.807) is 51.1 Å². The normalized spacial score (nSPS) is 18.3. The van der Waals surface area contributed by atoms with Gasteiger partial charge in [-0.05, 0) is 37.5 Å². The third-order valence-electron chi connectivity index (χ3n) is 7.16. The maximum atomic E-state index is 13.8. The van der Waals surface area contributed by atoms with Gasteiger partial charge < -0.3 is 24.8 Å². The number of thioether (sulfide) groups is 1. The molecular weight excluding hydrogens is 594 g/mol. The SMILES string of the molecule is COC1=C(C(=O)OC(c2ccccc2)c2ccccc2)N2C(=O)[C@@H](NC(=O)C(NC(=O)OC(C)(C)C)c3ccccc3)[C@@H]2SC1. The van der Waals surface area contributed by atoms with Crippen LogP contribution in [0.1, 0.15) is 49.6 Å². The molecule has 2 N–H and O–H groups in total. The first-order chi connectivity index (χ1) is 21.6. The van der Waals surface area contributed by atoms with Crippen molar-refractivity contribution in [2.75, 3.05) is 12.9 Å². The fraction of sp³-hybridized carbons (Fsp3) is 0.294. The molecule has 0 aliphatic carbocycles. The molecule has 3 aromatic carbocycles. The zero-order chi connectivity index (χ0) is 32.1. The number of methoxy groups -OCH3 is 1. The molecule has 3 atom stereocenters. The summed E-state index contributed by atoms with van der Waals surface area (Å²) < 4.78 is 17.0. The predicted molar refractivity (Wildman–Crippen MR) is 168 cm³/mol. The Labute approximate surface area is 266 Å². The van der Waals surface area contributed by atoms with E-state index in [1.165, 1.54) is 23.8 Å². The molecule has 0 aromatic heterocycles. The summed E-state index contributed by atoms with van der Waals surface area (Å²) >= 11 is 1.35. The number of hydrogen-bond donors (Lipinski definition) is 2. The Bertz CT molecular complexity index is 1540. The lowest BCUT2D eigenvalue weighted by molar-refractivity contribution is -0.155. The number of ether oxygens (including phenoxy) is 3. The standard InChI is InChI=1S/C34H35N3O7S/c1-34(2,3)44-33(41)36-25(21-14-8-5-9-15-21)29(38)35-26-30(39)37-27(24(42-4)20-45-31(26)37)32(40)43-28(22-16-10-6-11-17-22)23-18-12-7-13-19-23/h5-19,25-26,28,31H,20H2,1-4H3,(H,35,38)(H,36,41)/t25?,26-,31+/m1/s1. The van der Waals surface area contributed by atoms with Gasteiger partial charge in [-0.1, -0.05) is 91.0 Å². The van der Waals surface area contributed by atoms with E-state index < -0.39 is 53.0 Å². The largest absolute Gasteiger partial charge is 0.498 e. The van der Waals surface area contributed by atoms with Gasteiger partial charge in [0.15, 0.2) is 11.8 Å². The summed E-state index contributed by atoms with van der Waals surface area (Å²) in [6.07, 6.45) is -1.50. The molecule has 1 saturated heterocycles. The van der Waals surface area contributed by atoms with E-state index in [0.29, 0.717) is 11.3 Å². The van der Waals surface area contributed by atoms with Gasteiger partial charge in [0.05, 0.1) is 12.9 Å². The van der Waals surface area contributed by atoms with E-state index in [1.807, 2.05) is 60.7 Å². The molecule has 0 radical (unpaired) electrons. The van der Waals surface area contributed by atoms with Crippen LogP contribution in [0.5, 0.6) is 0 Å². The van der Waals surface area contributed by atoms with Crippen molar-refractivity contribution in [2.45, 2.75) is 49.9 Å². The number of nitrogens with zero attached hydrogens (tertiary/aromatic N) is 1. The maximum absolute atomic E-state index is 13.8. The smallest absolute Gasteiger partial charge is 0.408 e. The quantitative estimate of drug-likeness (QED) is 0.255. The van der Waals surface area contributed by atoms with Gasteiger partial charge in [0, 0.05) is 0 Å². The molecule has 3 aromatic rings. The van der Waals surface area contributed by atoms with Crippen molar-refractivity contribution in [3.8, 4) is 0 Å². The second-order valence-corrected chi connectivity index (χ2v) is 12.6. The number of fused-ring (bicyclic) bond motifs is 1. The molecule has 0 spiro atoms. The Balaban J connectivity index is 1.35. The number of rotatable bonds is 9. The Kier molecular flexibility index (Phi) is 9.48. The molecule has 45 heavy (non-hydrogen) atoms. The zero-order valence-electron chi connectivity index (χ0n) is 25.4. The first-order valence-electron chi connectivity index (χ1n) is 14.4. The summed E-state index contributed by atoms with van der Waals surface area (Å²) in [6.45, 7) is 5.16. The first-order valence-corrected chi connectivity index (χ1v) is 15.5. The molecule has 0 bridgehead atoms. The third kappa shape index (κ3) is 7.15. The maximum Gasteiger partial charge on any atom is 0.408 e. The number of amides is 3. The molecule has 1 fully saturated rings. The van der Waals surface area contributed by atoms with E-state index in [0.717, 1.165) is 11.1 Å². The number of benzene rings is 3. The minimum atomic E-state index is -1.12. The zero-order valence-corrected chi connectivity index (χ0v) is 26.2. The molecule has 2 aliphatic heterocycles. The van der Waals surface area contributed by atoms with Crippen molar-refractivity contribution >= 4 is 35.6 Å². The molecule has 0 saturated carbocycles. The number of hydrogen-bond acceptors (Lipinski definition) is 8. The van der Waals surface area contributed by atoms with Crippen molar-refractivity contribution < 1.29 is 33.4 Å². The van der Waals surface area contributed by atoms with Gasteiger partial charge >= 0.3 is 12.1 Å². The van der Waals surface area contributed by atoms with Gasteiger partial charge in [-0.3, -0.25) is 14.5 Å². The highest BCUT2D eigenvalue weighted by atomic mass is 32.2. The summed E-state index contributed by atoms with van der Waals surface area (Å²) in [5.74, 6) is -1.23. The lowest BCUT2D eigenvalue weighted by Crippen LogP contribution is -2.71. The lowest BCUT2D eigenvalue weighted by atomic mass is 10.0. The van der Waals surface area contributed by atoms with Crippen LogP contribution < -0.4 is 10.6 Å². The van der Waals surface area contributed by atoms with Gasteiger partial charge in [-0.2, -0.15) is 0 Å². The Morgan fingerprint density at radius 1 is 0.867 bits per heavy atom. The fourth-order valence-electron chi connectivity index (χ4n) is 5.09. The summed E-state index contributed by atoms with van der Waals surface area (Å²) in [5.41, 5.74) is 1.27. The van der Waals surface area contributed by atoms with Crippen molar-refractivity contribution in [1.82, 2.24) is 15.5 Å². The van der Waals surface area contributed by atoms with Crippen LogP contribution in [0.2, 0.25) is 0 Å². The molecule has 10 nitrogen and oxygen atoms in total. The summed E-state index contributed by atoms with van der Waals surface area (Å²) in [5, 5.41) is 4.81. The second-order valence-electron chi connectivity index (χ2n) is 11.5. The van der Waals surface area contributed by atoms with Crippen LogP contribution in [0.25, 0.3) is 0 Å². The number of carbonyl (C=O) groups is 4. The number of nitrogens with one attached hydrogen (secondary N) is 2. The molecule has 1 unspecified atom stereocenters. The monoisotopic (exact) mass is 629 g/mol. The van der Waals surface area contributed by atoms with Crippen LogP contribution in [0.15, 0.2) is 102 Å². The Morgan fingerprint density at radius 2 is 1.40 bits per heavy atom. The first kappa shape index (κ1) is 31.6. The molecule has 2 aliphatic rings. The lowest BCUT2D eigenvalue weighted by Gasteiger charge is -2.49. The second kappa shape index (κ2) is 13.5. The molecule has 5 rings (SSSR count). The van der Waals surface area contributed by atoms with Crippen molar-refractivity contribution in [1.29, 1.82) is 0 Å². The summed E-state index contributed by atoms with van der Waals surface area (Å²) in [7, 11) is 1.44. The minimum Gasteiger partial charge on any atom is -0.498 e. The van der Waals surface area contributed by atoms with Crippen molar-refractivity contribution in [3.05, 3.63) is 119 Å².